The van der Waals surface area contributed by atoms with Gasteiger partial charge in [-0.2, -0.15) is 0 Å². The van der Waals surface area contributed by atoms with Crippen LogP contribution in [0.5, 0.6) is 0 Å². The van der Waals surface area contributed by atoms with Gasteiger partial charge in [0.05, 0.1) is 0 Å². The van der Waals surface area contributed by atoms with Gasteiger partial charge in [-0.15, -0.1) is 6.58 Å². The van der Waals surface area contributed by atoms with Crippen LogP contribution in [-0.2, 0) is 12.8 Å². The third-order valence-corrected chi connectivity index (χ3v) is 4.73. The lowest BCUT2D eigenvalue weighted by molar-refractivity contribution is 0.700. The lowest BCUT2D eigenvalue weighted by atomic mass is 10.0. The smallest absolute Gasteiger partial charge is 0.166 e. The molecule has 3 aromatic rings. The Morgan fingerprint density at radius 1 is 0.778 bits per heavy atom. The summed E-state index contributed by atoms with van der Waals surface area (Å²) < 4.78 is 29.4. The molecule has 0 saturated carbocycles. The second kappa shape index (κ2) is 8.77. The van der Waals surface area contributed by atoms with Crippen molar-refractivity contribution < 1.29 is 8.78 Å². The predicted octanol–water partition coefficient (Wildman–Crippen LogP) is 7.68. The lowest BCUT2D eigenvalue weighted by Crippen LogP contribution is -1.88. The van der Waals surface area contributed by atoms with E-state index >= 15 is 0 Å². The summed E-state index contributed by atoms with van der Waals surface area (Å²) in [5.74, 6) is -1.64. The van der Waals surface area contributed by atoms with Gasteiger partial charge in [-0.05, 0) is 47.2 Å². The average Bonchev–Trinajstić information content (AvgIpc) is 2.71. The van der Waals surface area contributed by atoms with Crippen LogP contribution < -0.4 is 0 Å². The molecule has 0 spiro atoms. The van der Waals surface area contributed by atoms with Crippen molar-refractivity contribution >= 4 is 22.4 Å². The molecule has 3 aromatic carbocycles. The molecule has 0 N–H and O–H groups in total. The van der Waals surface area contributed by atoms with Crippen molar-refractivity contribution in [1.29, 1.82) is 0 Å². The van der Waals surface area contributed by atoms with Gasteiger partial charge in [0.1, 0.15) is 0 Å². The van der Waals surface area contributed by atoms with Gasteiger partial charge in [-0.1, -0.05) is 74.0 Å². The number of hydrogen-bond acceptors (Lipinski definition) is 0. The van der Waals surface area contributed by atoms with Crippen LogP contribution >= 0.6 is 0 Å². The van der Waals surface area contributed by atoms with Crippen LogP contribution in [0.2, 0.25) is 0 Å². The first-order valence-corrected chi connectivity index (χ1v) is 9.41. The summed E-state index contributed by atoms with van der Waals surface area (Å²) in [6, 6.07) is 18.3. The zero-order chi connectivity index (χ0) is 19.2. The fourth-order valence-corrected chi connectivity index (χ4v) is 3.22. The van der Waals surface area contributed by atoms with Gasteiger partial charge in [0.25, 0.3) is 0 Å². The van der Waals surface area contributed by atoms with Crippen molar-refractivity contribution in [2.24, 2.45) is 0 Å². The number of aryl methyl sites for hydroxylation is 2. The van der Waals surface area contributed by atoms with Crippen LogP contribution in [0, 0.1) is 0 Å². The number of allylic oxidation sites excluding steroid dienone is 1. The molecule has 0 unspecified atom stereocenters. The Morgan fingerprint density at radius 3 is 2.07 bits per heavy atom. The molecule has 0 aromatic heterocycles. The van der Waals surface area contributed by atoms with E-state index in [-0.39, 0.29) is 11.1 Å². The minimum absolute atomic E-state index is 0.261. The molecule has 0 saturated heterocycles. The first-order chi connectivity index (χ1) is 13.1. The van der Waals surface area contributed by atoms with Gasteiger partial charge >= 0.3 is 0 Å². The van der Waals surface area contributed by atoms with Gasteiger partial charge < -0.3 is 0 Å². The molecule has 2 heteroatoms. The van der Waals surface area contributed by atoms with Crippen molar-refractivity contribution in [3.63, 3.8) is 0 Å². The quantitative estimate of drug-likeness (QED) is 0.299. The molecule has 3 rings (SSSR count). The maximum Gasteiger partial charge on any atom is 0.166 e. The third-order valence-electron chi connectivity index (χ3n) is 4.73. The first kappa shape index (κ1) is 19.0. The molecule has 0 aliphatic carbocycles. The zero-order valence-corrected chi connectivity index (χ0v) is 15.6. The molecule has 0 nitrogen and oxygen atoms in total. The number of halogens is 2. The minimum atomic E-state index is -0.823. The molecular formula is C25H24F2. The Bertz CT molecular complexity index is 965. The molecule has 27 heavy (non-hydrogen) atoms. The Labute approximate surface area is 159 Å². The van der Waals surface area contributed by atoms with E-state index in [1.807, 2.05) is 36.4 Å². The Kier molecular flexibility index (Phi) is 6.18. The summed E-state index contributed by atoms with van der Waals surface area (Å²) in [5, 5.41) is 1.92. The van der Waals surface area contributed by atoms with E-state index in [0.717, 1.165) is 42.0 Å². The minimum Gasteiger partial charge on any atom is -0.203 e. The van der Waals surface area contributed by atoms with E-state index in [2.05, 4.69) is 19.6 Å². The van der Waals surface area contributed by atoms with E-state index in [1.165, 1.54) is 5.56 Å². The average molecular weight is 362 g/mol. The predicted molar refractivity (Wildman–Crippen MR) is 112 cm³/mol. The highest BCUT2D eigenvalue weighted by Crippen LogP contribution is 2.31. The molecule has 0 bridgehead atoms. The van der Waals surface area contributed by atoms with Crippen LogP contribution in [0.3, 0.4) is 0 Å². The van der Waals surface area contributed by atoms with Crippen LogP contribution in [0.4, 0.5) is 8.78 Å². The number of benzene rings is 3. The van der Waals surface area contributed by atoms with Gasteiger partial charge in [0.2, 0.25) is 0 Å². The highest BCUT2D eigenvalue weighted by atomic mass is 19.2. The normalized spacial score (nSPS) is 12.1. The SMILES string of the molecule is C=CCCc1ccc2cc(C(F)=C(F)c3ccc(CCC)cc3)ccc2c1. The van der Waals surface area contributed by atoms with Crippen molar-refractivity contribution in [3.05, 3.63) is 95.6 Å². The molecule has 138 valence electrons. The Morgan fingerprint density at radius 2 is 1.37 bits per heavy atom. The maximum atomic E-state index is 14.7. The van der Waals surface area contributed by atoms with Crippen molar-refractivity contribution in [2.75, 3.05) is 0 Å². The first-order valence-electron chi connectivity index (χ1n) is 9.41. The summed E-state index contributed by atoms with van der Waals surface area (Å²) in [4.78, 5) is 0. The number of fused-ring (bicyclic) bond motifs is 1. The summed E-state index contributed by atoms with van der Waals surface area (Å²) in [5.41, 5.74) is 2.88. The van der Waals surface area contributed by atoms with Crippen LogP contribution in [0.25, 0.3) is 22.4 Å². The monoisotopic (exact) mass is 362 g/mol. The van der Waals surface area contributed by atoms with Gasteiger partial charge in [-0.25, -0.2) is 8.78 Å². The van der Waals surface area contributed by atoms with Gasteiger partial charge in [0.15, 0.2) is 11.7 Å². The zero-order valence-electron chi connectivity index (χ0n) is 15.6. The highest BCUT2D eigenvalue weighted by Gasteiger charge is 2.12. The van der Waals surface area contributed by atoms with E-state index in [1.54, 1.807) is 24.3 Å². The van der Waals surface area contributed by atoms with E-state index < -0.39 is 11.7 Å². The van der Waals surface area contributed by atoms with Crippen LogP contribution in [-0.4, -0.2) is 0 Å². The van der Waals surface area contributed by atoms with Crippen LogP contribution in [0.15, 0.2) is 73.3 Å². The van der Waals surface area contributed by atoms with Gasteiger partial charge in [-0.3, -0.25) is 0 Å². The fraction of sp³-hybridized carbons (Fsp3) is 0.200. The molecular weight excluding hydrogens is 338 g/mol. The van der Waals surface area contributed by atoms with Crippen molar-refractivity contribution in [1.82, 2.24) is 0 Å². The second-order valence-electron chi connectivity index (χ2n) is 6.80. The number of hydrogen-bond donors (Lipinski definition) is 0. The maximum absolute atomic E-state index is 14.7. The topological polar surface area (TPSA) is 0 Å². The number of rotatable bonds is 7. The van der Waals surface area contributed by atoms with Gasteiger partial charge in [0, 0.05) is 11.1 Å². The molecule has 0 radical (unpaired) electrons. The summed E-state index contributed by atoms with van der Waals surface area (Å²) in [7, 11) is 0. The molecule has 0 amide bonds. The standard InChI is InChI=1S/C25H24F2/c1-3-5-7-19-10-13-22-17-23(15-14-21(22)16-19)25(27)24(26)20-11-8-18(6-4-2)9-12-20/h3,8-17H,1,4-7H2,2H3. The summed E-state index contributed by atoms with van der Waals surface area (Å²) in [6.45, 7) is 5.84. The van der Waals surface area contributed by atoms with E-state index in [4.69, 9.17) is 0 Å². The van der Waals surface area contributed by atoms with Crippen molar-refractivity contribution in [2.45, 2.75) is 32.6 Å². The molecule has 0 heterocycles. The molecule has 0 aliphatic heterocycles. The fourth-order valence-electron chi connectivity index (χ4n) is 3.22. The van der Waals surface area contributed by atoms with Crippen LogP contribution in [0.1, 0.15) is 42.0 Å². The summed E-state index contributed by atoms with van der Waals surface area (Å²) in [6.07, 6.45) is 5.71. The Balaban J connectivity index is 1.90. The largest absolute Gasteiger partial charge is 0.203 e. The van der Waals surface area contributed by atoms with E-state index in [0.29, 0.717) is 0 Å². The van der Waals surface area contributed by atoms with E-state index in [9.17, 15) is 8.78 Å². The molecule has 0 aliphatic rings. The lowest BCUT2D eigenvalue weighted by Gasteiger charge is -2.07. The highest BCUT2D eigenvalue weighted by molar-refractivity contribution is 5.90. The van der Waals surface area contributed by atoms with Crippen molar-refractivity contribution in [3.8, 4) is 0 Å². The second-order valence-corrected chi connectivity index (χ2v) is 6.80. The third kappa shape index (κ3) is 4.51. The Hall–Kier alpha value is -2.74. The molecule has 0 fully saturated rings. The molecule has 0 atom stereocenters. The summed E-state index contributed by atoms with van der Waals surface area (Å²) >= 11 is 0.